The first kappa shape index (κ1) is 20.1. The highest BCUT2D eigenvalue weighted by molar-refractivity contribution is 7.92. The number of nitrogens with one attached hydrogen (secondary N) is 1. The van der Waals surface area contributed by atoms with Crippen molar-refractivity contribution in [3.8, 4) is 11.9 Å². The topological polar surface area (TPSA) is 105 Å². The Morgan fingerprint density at radius 2 is 1.70 bits per heavy atom. The van der Waals surface area contributed by atoms with Crippen LogP contribution in [0.4, 0.5) is 5.82 Å². The van der Waals surface area contributed by atoms with E-state index in [0.717, 1.165) is 6.42 Å². The smallest absolute Gasteiger partial charge is 0.263 e. The van der Waals surface area contributed by atoms with Gasteiger partial charge in [0.25, 0.3) is 15.9 Å². The van der Waals surface area contributed by atoms with Gasteiger partial charge in [-0.05, 0) is 48.7 Å². The minimum Gasteiger partial charge on any atom is -0.475 e. The molecule has 8 heteroatoms. The highest BCUT2D eigenvalue weighted by Gasteiger charge is 2.21. The lowest BCUT2D eigenvalue weighted by molar-refractivity contribution is 0.271. The number of para-hydroxylation sites is 2. The van der Waals surface area contributed by atoms with E-state index < -0.39 is 10.0 Å². The molecule has 0 atom stereocenters. The summed E-state index contributed by atoms with van der Waals surface area (Å²) in [7, 11) is -3.91. The number of sulfonamides is 1. The summed E-state index contributed by atoms with van der Waals surface area (Å²) >= 11 is 0. The van der Waals surface area contributed by atoms with E-state index in [4.69, 9.17) is 10.00 Å². The Bertz CT molecular complexity index is 1180. The van der Waals surface area contributed by atoms with Gasteiger partial charge in [-0.3, -0.25) is 4.72 Å². The Balaban J connectivity index is 1.60. The lowest BCUT2D eigenvalue weighted by atomic mass is 10.1. The minimum absolute atomic E-state index is 0.0355. The lowest BCUT2D eigenvalue weighted by Gasteiger charge is -2.14. The molecule has 1 aliphatic rings. The third-order valence-electron chi connectivity index (χ3n) is 5.30. The molecule has 3 aromatic rings. The number of benzene rings is 2. The number of anilines is 1. The van der Waals surface area contributed by atoms with E-state index in [1.54, 1.807) is 6.07 Å². The van der Waals surface area contributed by atoms with E-state index in [1.807, 2.05) is 24.3 Å². The molecule has 0 aliphatic heterocycles. The Morgan fingerprint density at radius 3 is 2.37 bits per heavy atom. The minimum atomic E-state index is -3.91. The number of aromatic nitrogens is 2. The zero-order valence-corrected chi connectivity index (χ0v) is 17.2. The van der Waals surface area contributed by atoms with Gasteiger partial charge >= 0.3 is 0 Å². The van der Waals surface area contributed by atoms with Gasteiger partial charge in [0.05, 0.1) is 34.2 Å². The van der Waals surface area contributed by atoms with Crippen molar-refractivity contribution in [2.24, 2.45) is 5.92 Å². The van der Waals surface area contributed by atoms with Crippen LogP contribution in [0.15, 0.2) is 53.4 Å². The first-order valence-electron chi connectivity index (χ1n) is 9.98. The molecule has 4 rings (SSSR count). The van der Waals surface area contributed by atoms with Gasteiger partial charge in [-0.1, -0.05) is 37.8 Å². The molecule has 0 bridgehead atoms. The summed E-state index contributed by atoms with van der Waals surface area (Å²) in [4.78, 5) is 8.97. The van der Waals surface area contributed by atoms with E-state index in [2.05, 4.69) is 14.7 Å². The molecule has 0 unspecified atom stereocenters. The number of ether oxygens (including phenoxy) is 1. The van der Waals surface area contributed by atoms with Gasteiger partial charge in [0.1, 0.15) is 0 Å². The summed E-state index contributed by atoms with van der Waals surface area (Å²) in [6.07, 6.45) is 5.86. The fourth-order valence-corrected chi connectivity index (χ4v) is 4.67. The summed E-state index contributed by atoms with van der Waals surface area (Å²) in [6, 6.07) is 14.9. The molecule has 1 saturated carbocycles. The van der Waals surface area contributed by atoms with E-state index >= 15 is 0 Å². The van der Waals surface area contributed by atoms with E-state index in [0.29, 0.717) is 29.1 Å². The lowest BCUT2D eigenvalue weighted by Crippen LogP contribution is -2.16. The van der Waals surface area contributed by atoms with Gasteiger partial charge in [0, 0.05) is 0 Å². The predicted molar refractivity (Wildman–Crippen MR) is 114 cm³/mol. The van der Waals surface area contributed by atoms with Crippen molar-refractivity contribution in [2.75, 3.05) is 11.3 Å². The second-order valence-electron chi connectivity index (χ2n) is 7.40. The number of fused-ring (bicyclic) bond motifs is 1. The molecule has 2 aromatic carbocycles. The third-order valence-corrected chi connectivity index (χ3v) is 6.66. The Kier molecular flexibility index (Phi) is 5.81. The molecule has 0 spiro atoms. The molecule has 0 radical (unpaired) electrons. The number of rotatable bonds is 7. The number of nitrogens with zero attached hydrogens (tertiary/aromatic N) is 3. The van der Waals surface area contributed by atoms with Gasteiger partial charge in [-0.2, -0.15) is 5.26 Å². The summed E-state index contributed by atoms with van der Waals surface area (Å²) in [5, 5.41) is 8.91. The Labute approximate surface area is 175 Å². The highest BCUT2D eigenvalue weighted by atomic mass is 32.2. The van der Waals surface area contributed by atoms with Crippen molar-refractivity contribution >= 4 is 26.9 Å². The third kappa shape index (κ3) is 4.52. The van der Waals surface area contributed by atoms with Crippen LogP contribution in [0, 0.1) is 17.2 Å². The molecule has 154 valence electrons. The standard InChI is InChI=1S/C22H22N4O3S/c23-15-17-9-11-18(12-10-17)30(27,28)26-21-22(29-14-13-16-5-1-2-6-16)25-20-8-4-3-7-19(20)24-21/h3-4,7-12,16H,1-2,5-6,13-14H2,(H,24,26). The Morgan fingerprint density at radius 1 is 1.03 bits per heavy atom. The number of hydrogen-bond acceptors (Lipinski definition) is 6. The molecule has 1 heterocycles. The van der Waals surface area contributed by atoms with E-state index in [-0.39, 0.29) is 16.6 Å². The van der Waals surface area contributed by atoms with E-state index in [9.17, 15) is 8.42 Å². The molecule has 1 N–H and O–H groups in total. The maximum atomic E-state index is 12.9. The molecule has 0 saturated heterocycles. The summed E-state index contributed by atoms with van der Waals surface area (Å²) in [5.41, 5.74) is 1.59. The van der Waals surface area contributed by atoms with Crippen molar-refractivity contribution in [3.05, 3.63) is 54.1 Å². The first-order valence-corrected chi connectivity index (χ1v) is 11.5. The SMILES string of the molecule is N#Cc1ccc(S(=O)(=O)Nc2nc3ccccc3nc2OCCC2CCCC2)cc1. The predicted octanol–water partition coefficient (Wildman–Crippen LogP) is 4.26. The average Bonchev–Trinajstić information content (AvgIpc) is 3.27. The molecular weight excluding hydrogens is 400 g/mol. The fourth-order valence-electron chi connectivity index (χ4n) is 3.67. The van der Waals surface area contributed by atoms with Crippen LogP contribution in [0.2, 0.25) is 0 Å². The van der Waals surface area contributed by atoms with E-state index in [1.165, 1.54) is 49.9 Å². The largest absolute Gasteiger partial charge is 0.475 e. The van der Waals surface area contributed by atoms with Crippen molar-refractivity contribution in [1.29, 1.82) is 5.26 Å². The van der Waals surface area contributed by atoms with Crippen molar-refractivity contribution in [2.45, 2.75) is 37.0 Å². The molecule has 1 aromatic heterocycles. The van der Waals surface area contributed by atoms with Crippen molar-refractivity contribution < 1.29 is 13.2 Å². The van der Waals surface area contributed by atoms with Crippen LogP contribution in [-0.4, -0.2) is 25.0 Å². The second-order valence-corrected chi connectivity index (χ2v) is 9.08. The quantitative estimate of drug-likeness (QED) is 0.610. The van der Waals surface area contributed by atoms with Crippen LogP contribution < -0.4 is 9.46 Å². The van der Waals surface area contributed by atoms with Crippen LogP contribution in [0.25, 0.3) is 11.0 Å². The van der Waals surface area contributed by atoms with Gasteiger partial charge in [-0.25, -0.2) is 18.4 Å². The van der Waals surface area contributed by atoms with Gasteiger partial charge < -0.3 is 4.74 Å². The zero-order valence-electron chi connectivity index (χ0n) is 16.4. The monoisotopic (exact) mass is 422 g/mol. The van der Waals surface area contributed by atoms with Crippen molar-refractivity contribution in [1.82, 2.24) is 9.97 Å². The van der Waals surface area contributed by atoms with Crippen LogP contribution in [0.5, 0.6) is 5.88 Å². The normalized spacial score (nSPS) is 14.5. The molecule has 30 heavy (non-hydrogen) atoms. The average molecular weight is 423 g/mol. The van der Waals surface area contributed by atoms with Crippen LogP contribution in [-0.2, 0) is 10.0 Å². The molecule has 1 aliphatic carbocycles. The highest BCUT2D eigenvalue weighted by Crippen LogP contribution is 2.29. The van der Waals surface area contributed by atoms with Crippen molar-refractivity contribution in [3.63, 3.8) is 0 Å². The molecular formula is C22H22N4O3S. The summed E-state index contributed by atoms with van der Waals surface area (Å²) in [5.74, 6) is 0.880. The fraction of sp³-hybridized carbons (Fsp3) is 0.318. The van der Waals surface area contributed by atoms with Crippen LogP contribution in [0.1, 0.15) is 37.7 Å². The summed E-state index contributed by atoms with van der Waals surface area (Å²) < 4.78 is 34.1. The molecule has 7 nitrogen and oxygen atoms in total. The van der Waals surface area contributed by atoms with Gasteiger partial charge in [0.2, 0.25) is 5.82 Å². The summed E-state index contributed by atoms with van der Waals surface area (Å²) in [6.45, 7) is 0.462. The molecule has 0 amide bonds. The van der Waals surface area contributed by atoms with Crippen LogP contribution >= 0.6 is 0 Å². The number of nitriles is 1. The zero-order chi connectivity index (χ0) is 21.0. The number of hydrogen-bond donors (Lipinski definition) is 1. The maximum absolute atomic E-state index is 12.9. The van der Waals surface area contributed by atoms with Gasteiger partial charge in [-0.15, -0.1) is 0 Å². The van der Waals surface area contributed by atoms with Crippen LogP contribution in [0.3, 0.4) is 0 Å². The maximum Gasteiger partial charge on any atom is 0.263 e. The molecule has 1 fully saturated rings. The first-order chi connectivity index (χ1) is 14.5. The Hall–Kier alpha value is -3.18. The van der Waals surface area contributed by atoms with Gasteiger partial charge in [0.15, 0.2) is 0 Å². The second kappa shape index (κ2) is 8.67.